The first-order chi connectivity index (χ1) is 9.33. The molecule has 112 valence electrons. The molecule has 19 heavy (non-hydrogen) atoms. The molecule has 2 atom stereocenters. The summed E-state index contributed by atoms with van der Waals surface area (Å²) in [5.74, 6) is 0.918. The summed E-state index contributed by atoms with van der Waals surface area (Å²) in [6, 6.07) is 0.832. The smallest absolute Gasteiger partial charge is 0.0462 e. The molecule has 2 aliphatic rings. The molecular formula is C16H32N2O. The average Bonchev–Trinajstić information content (AvgIpc) is 2.48. The van der Waals surface area contributed by atoms with Crippen molar-refractivity contribution in [1.82, 2.24) is 9.80 Å². The van der Waals surface area contributed by atoms with Crippen LogP contribution in [0.4, 0.5) is 0 Å². The van der Waals surface area contributed by atoms with Gasteiger partial charge < -0.3 is 9.64 Å². The van der Waals surface area contributed by atoms with Gasteiger partial charge in [0, 0.05) is 32.8 Å². The van der Waals surface area contributed by atoms with E-state index < -0.39 is 0 Å². The molecule has 0 bridgehead atoms. The van der Waals surface area contributed by atoms with Crippen LogP contribution in [0.5, 0.6) is 0 Å². The lowest BCUT2D eigenvalue weighted by Crippen LogP contribution is -2.51. The zero-order valence-corrected chi connectivity index (χ0v) is 12.9. The minimum Gasteiger partial charge on any atom is -0.385 e. The number of likely N-dealkylation sites (tertiary alicyclic amines) is 2. The Kier molecular flexibility index (Phi) is 6.62. The van der Waals surface area contributed by atoms with Crippen LogP contribution in [0.1, 0.15) is 45.4 Å². The Balaban J connectivity index is 1.76. The molecule has 3 nitrogen and oxygen atoms in total. The normalized spacial score (nSPS) is 30.6. The first-order valence-electron chi connectivity index (χ1n) is 8.28. The number of hydrogen-bond acceptors (Lipinski definition) is 3. The summed E-state index contributed by atoms with van der Waals surface area (Å²) >= 11 is 0. The van der Waals surface area contributed by atoms with Crippen molar-refractivity contribution in [3.8, 4) is 0 Å². The number of rotatable bonds is 6. The highest BCUT2D eigenvalue weighted by atomic mass is 16.5. The molecule has 0 saturated carbocycles. The van der Waals surface area contributed by atoms with E-state index in [9.17, 15) is 0 Å². The van der Waals surface area contributed by atoms with E-state index in [2.05, 4.69) is 16.7 Å². The van der Waals surface area contributed by atoms with Crippen molar-refractivity contribution in [1.29, 1.82) is 0 Å². The summed E-state index contributed by atoms with van der Waals surface area (Å²) in [5, 5.41) is 0. The van der Waals surface area contributed by atoms with Crippen molar-refractivity contribution in [3.63, 3.8) is 0 Å². The fourth-order valence-corrected chi connectivity index (χ4v) is 3.80. The molecule has 0 aromatic heterocycles. The highest BCUT2D eigenvalue weighted by Gasteiger charge is 2.28. The molecular weight excluding hydrogens is 236 g/mol. The lowest BCUT2D eigenvalue weighted by molar-refractivity contribution is 0.0607. The van der Waals surface area contributed by atoms with Crippen LogP contribution in [0.2, 0.25) is 0 Å². The molecule has 0 aromatic rings. The number of nitrogens with zero attached hydrogens (tertiary/aromatic N) is 2. The van der Waals surface area contributed by atoms with E-state index in [0.717, 1.165) is 18.6 Å². The van der Waals surface area contributed by atoms with Gasteiger partial charge in [0.05, 0.1) is 0 Å². The van der Waals surface area contributed by atoms with Crippen molar-refractivity contribution >= 4 is 0 Å². The maximum absolute atomic E-state index is 5.18. The number of hydrogen-bond donors (Lipinski definition) is 0. The van der Waals surface area contributed by atoms with E-state index in [4.69, 9.17) is 4.74 Å². The van der Waals surface area contributed by atoms with E-state index in [1.165, 1.54) is 71.2 Å². The van der Waals surface area contributed by atoms with Crippen molar-refractivity contribution in [3.05, 3.63) is 0 Å². The number of methoxy groups -OCH3 is 1. The van der Waals surface area contributed by atoms with Crippen LogP contribution < -0.4 is 0 Å². The van der Waals surface area contributed by atoms with Crippen LogP contribution in [0, 0.1) is 5.92 Å². The fraction of sp³-hybridized carbons (Fsp3) is 1.00. The van der Waals surface area contributed by atoms with Gasteiger partial charge in [0.25, 0.3) is 0 Å². The molecule has 2 aliphatic heterocycles. The first kappa shape index (κ1) is 15.3. The van der Waals surface area contributed by atoms with E-state index >= 15 is 0 Å². The van der Waals surface area contributed by atoms with Gasteiger partial charge >= 0.3 is 0 Å². The molecule has 0 N–H and O–H groups in total. The zero-order chi connectivity index (χ0) is 13.5. The predicted octanol–water partition coefficient (Wildman–Crippen LogP) is 2.61. The Morgan fingerprint density at radius 3 is 2.74 bits per heavy atom. The summed E-state index contributed by atoms with van der Waals surface area (Å²) in [5.41, 5.74) is 0. The molecule has 0 unspecified atom stereocenters. The van der Waals surface area contributed by atoms with E-state index in [1.807, 2.05) is 7.11 Å². The minimum absolute atomic E-state index is 0.832. The van der Waals surface area contributed by atoms with Crippen LogP contribution in [-0.4, -0.2) is 62.3 Å². The Morgan fingerprint density at radius 2 is 1.95 bits per heavy atom. The quantitative estimate of drug-likeness (QED) is 0.689. The maximum atomic E-state index is 5.18. The van der Waals surface area contributed by atoms with Crippen LogP contribution in [-0.2, 0) is 4.74 Å². The Bertz CT molecular complexity index is 247. The van der Waals surface area contributed by atoms with Gasteiger partial charge in [-0.05, 0) is 64.1 Å². The molecule has 0 aromatic carbocycles. The van der Waals surface area contributed by atoms with Crippen molar-refractivity contribution in [2.75, 3.05) is 46.4 Å². The standard InChI is InChI=1S/C16H32N2O/c1-3-17-10-5-9-16(14-17)18-11-4-7-15(13-18)8-6-12-19-2/h15-16H,3-14H2,1-2H3/t15-,16-/m1/s1. The SMILES string of the molecule is CCN1CCC[C@@H](N2CCC[C@H](CCCOC)C2)C1. The second-order valence-corrected chi connectivity index (χ2v) is 6.33. The largest absolute Gasteiger partial charge is 0.385 e. The highest BCUT2D eigenvalue weighted by Crippen LogP contribution is 2.25. The third kappa shape index (κ3) is 4.73. The van der Waals surface area contributed by atoms with Gasteiger partial charge in [-0.1, -0.05) is 6.92 Å². The summed E-state index contributed by atoms with van der Waals surface area (Å²) in [6.07, 6.45) is 8.24. The van der Waals surface area contributed by atoms with Gasteiger partial charge in [0.2, 0.25) is 0 Å². The summed E-state index contributed by atoms with van der Waals surface area (Å²) in [6.45, 7) is 9.76. The van der Waals surface area contributed by atoms with Gasteiger partial charge in [0.15, 0.2) is 0 Å². The van der Waals surface area contributed by atoms with Crippen LogP contribution in [0.3, 0.4) is 0 Å². The zero-order valence-electron chi connectivity index (χ0n) is 12.9. The van der Waals surface area contributed by atoms with E-state index in [-0.39, 0.29) is 0 Å². The predicted molar refractivity (Wildman–Crippen MR) is 80.5 cm³/mol. The van der Waals surface area contributed by atoms with Crippen molar-refractivity contribution in [2.45, 2.75) is 51.5 Å². The van der Waals surface area contributed by atoms with Gasteiger partial charge in [0.1, 0.15) is 0 Å². The van der Waals surface area contributed by atoms with Gasteiger partial charge in [-0.3, -0.25) is 4.90 Å². The average molecular weight is 268 g/mol. The third-order valence-electron chi connectivity index (χ3n) is 4.96. The fourth-order valence-electron chi connectivity index (χ4n) is 3.80. The summed E-state index contributed by atoms with van der Waals surface area (Å²) in [4.78, 5) is 5.42. The van der Waals surface area contributed by atoms with Gasteiger partial charge in [-0.25, -0.2) is 0 Å². The van der Waals surface area contributed by atoms with E-state index in [0.29, 0.717) is 0 Å². The molecule has 0 amide bonds. The van der Waals surface area contributed by atoms with Crippen molar-refractivity contribution < 1.29 is 4.74 Å². The maximum Gasteiger partial charge on any atom is 0.0462 e. The van der Waals surface area contributed by atoms with E-state index in [1.54, 1.807) is 0 Å². The first-order valence-corrected chi connectivity index (χ1v) is 8.28. The monoisotopic (exact) mass is 268 g/mol. The number of piperidine rings is 2. The molecule has 2 fully saturated rings. The number of likely N-dealkylation sites (N-methyl/N-ethyl adjacent to an activating group) is 1. The minimum atomic E-state index is 0.832. The Labute approximate surface area is 119 Å². The molecule has 2 heterocycles. The molecule has 0 spiro atoms. The summed E-state index contributed by atoms with van der Waals surface area (Å²) < 4.78 is 5.18. The molecule has 2 saturated heterocycles. The summed E-state index contributed by atoms with van der Waals surface area (Å²) in [7, 11) is 1.81. The Hall–Kier alpha value is -0.120. The van der Waals surface area contributed by atoms with Gasteiger partial charge in [-0.2, -0.15) is 0 Å². The second-order valence-electron chi connectivity index (χ2n) is 6.33. The van der Waals surface area contributed by atoms with Crippen LogP contribution in [0.25, 0.3) is 0 Å². The molecule has 2 rings (SSSR count). The topological polar surface area (TPSA) is 15.7 Å². The Morgan fingerprint density at radius 1 is 1.11 bits per heavy atom. The third-order valence-corrected chi connectivity index (χ3v) is 4.96. The lowest BCUT2D eigenvalue weighted by Gasteiger charge is -2.43. The van der Waals surface area contributed by atoms with Gasteiger partial charge in [-0.15, -0.1) is 0 Å². The highest BCUT2D eigenvalue weighted by molar-refractivity contribution is 4.84. The van der Waals surface area contributed by atoms with Crippen molar-refractivity contribution in [2.24, 2.45) is 5.92 Å². The lowest BCUT2D eigenvalue weighted by atomic mass is 9.91. The molecule has 0 aliphatic carbocycles. The second kappa shape index (κ2) is 8.23. The molecule has 3 heteroatoms. The van der Waals surface area contributed by atoms with Crippen LogP contribution in [0.15, 0.2) is 0 Å². The van der Waals surface area contributed by atoms with Crippen LogP contribution >= 0.6 is 0 Å². The molecule has 0 radical (unpaired) electrons. The number of ether oxygens (including phenoxy) is 1.